The lowest BCUT2D eigenvalue weighted by Gasteiger charge is -2.18. The number of carbonyl (C=O) groups excluding carboxylic acids is 1. The van der Waals surface area contributed by atoms with Crippen molar-refractivity contribution >= 4 is 17.2 Å². The van der Waals surface area contributed by atoms with Gasteiger partial charge in [-0.05, 0) is 19.1 Å². The SMILES string of the molecule is Cc1ccc(N(C)CC(=O)c2cc([N+](=O)[O-])c[nH]2)cc1. The van der Waals surface area contributed by atoms with Gasteiger partial charge in [0.25, 0.3) is 5.69 Å². The number of likely N-dealkylation sites (N-methyl/N-ethyl adjacent to an activating group) is 1. The largest absolute Gasteiger partial charge is 0.367 e. The lowest BCUT2D eigenvalue weighted by Crippen LogP contribution is -2.25. The molecule has 0 atom stereocenters. The Bertz CT molecular complexity index is 631. The van der Waals surface area contributed by atoms with Gasteiger partial charge in [-0.2, -0.15) is 0 Å². The summed E-state index contributed by atoms with van der Waals surface area (Å²) in [5, 5.41) is 10.6. The van der Waals surface area contributed by atoms with Gasteiger partial charge in [0, 0.05) is 18.8 Å². The third kappa shape index (κ3) is 3.03. The first kappa shape index (κ1) is 13.8. The van der Waals surface area contributed by atoms with Gasteiger partial charge < -0.3 is 9.88 Å². The summed E-state index contributed by atoms with van der Waals surface area (Å²) in [4.78, 5) is 26.5. The van der Waals surface area contributed by atoms with Crippen LogP contribution in [0.3, 0.4) is 0 Å². The van der Waals surface area contributed by atoms with Crippen molar-refractivity contribution in [2.75, 3.05) is 18.5 Å². The maximum absolute atomic E-state index is 12.0. The molecule has 0 saturated heterocycles. The van der Waals surface area contributed by atoms with Crippen LogP contribution in [-0.4, -0.2) is 29.3 Å². The molecule has 6 heteroatoms. The fourth-order valence-electron chi connectivity index (χ4n) is 1.84. The molecule has 0 saturated carbocycles. The quantitative estimate of drug-likeness (QED) is 0.516. The molecule has 6 nitrogen and oxygen atoms in total. The Morgan fingerprint density at radius 1 is 1.35 bits per heavy atom. The van der Waals surface area contributed by atoms with Gasteiger partial charge in [0.2, 0.25) is 0 Å². The third-order valence-electron chi connectivity index (χ3n) is 3.03. The van der Waals surface area contributed by atoms with Crippen LogP contribution in [0.5, 0.6) is 0 Å². The molecule has 0 amide bonds. The molecule has 1 aromatic carbocycles. The van der Waals surface area contributed by atoms with Crippen LogP contribution in [0.4, 0.5) is 11.4 Å². The van der Waals surface area contributed by atoms with E-state index in [0.717, 1.165) is 11.3 Å². The number of aromatic nitrogens is 1. The number of H-pyrrole nitrogens is 1. The Morgan fingerprint density at radius 3 is 2.55 bits per heavy atom. The van der Waals surface area contributed by atoms with Crippen LogP contribution in [0.1, 0.15) is 16.1 Å². The summed E-state index contributed by atoms with van der Waals surface area (Å²) in [5.41, 5.74) is 2.21. The van der Waals surface area contributed by atoms with Gasteiger partial charge in [-0.1, -0.05) is 17.7 Å². The molecule has 20 heavy (non-hydrogen) atoms. The number of nitrogens with zero attached hydrogens (tertiary/aromatic N) is 2. The summed E-state index contributed by atoms with van der Waals surface area (Å²) in [5.74, 6) is -0.193. The molecule has 0 aliphatic carbocycles. The van der Waals surface area contributed by atoms with Crippen molar-refractivity contribution < 1.29 is 9.72 Å². The highest BCUT2D eigenvalue weighted by Crippen LogP contribution is 2.16. The minimum absolute atomic E-state index is 0.105. The minimum Gasteiger partial charge on any atom is -0.367 e. The first-order chi connectivity index (χ1) is 9.47. The molecule has 0 radical (unpaired) electrons. The van der Waals surface area contributed by atoms with Gasteiger partial charge >= 0.3 is 0 Å². The molecule has 0 spiro atoms. The number of Topliss-reactive ketones (excluding diaryl/α,β-unsaturated/α-hetero) is 1. The second-order valence-electron chi connectivity index (χ2n) is 4.64. The van der Waals surface area contributed by atoms with E-state index in [1.165, 1.54) is 12.3 Å². The molecule has 2 aromatic rings. The number of benzene rings is 1. The molecule has 0 aliphatic heterocycles. The molecule has 2 rings (SSSR count). The maximum Gasteiger partial charge on any atom is 0.287 e. The monoisotopic (exact) mass is 273 g/mol. The van der Waals surface area contributed by atoms with E-state index >= 15 is 0 Å². The Labute approximate surface area is 116 Å². The summed E-state index contributed by atoms with van der Waals surface area (Å²) < 4.78 is 0. The summed E-state index contributed by atoms with van der Waals surface area (Å²) in [7, 11) is 1.81. The van der Waals surface area contributed by atoms with Gasteiger partial charge in [-0.25, -0.2) is 0 Å². The summed E-state index contributed by atoms with van der Waals surface area (Å²) >= 11 is 0. The van der Waals surface area contributed by atoms with Crippen LogP contribution >= 0.6 is 0 Å². The molecule has 1 N–H and O–H groups in total. The van der Waals surface area contributed by atoms with E-state index in [0.29, 0.717) is 0 Å². The van der Waals surface area contributed by atoms with Gasteiger partial charge in [0.05, 0.1) is 23.4 Å². The number of anilines is 1. The van der Waals surface area contributed by atoms with E-state index < -0.39 is 4.92 Å². The molecule has 0 fully saturated rings. The van der Waals surface area contributed by atoms with Crippen LogP contribution in [0.25, 0.3) is 0 Å². The Balaban J connectivity index is 2.06. The minimum atomic E-state index is -0.531. The predicted molar refractivity (Wildman–Crippen MR) is 76.2 cm³/mol. The van der Waals surface area contributed by atoms with Gasteiger partial charge in [0.15, 0.2) is 5.78 Å². The highest BCUT2D eigenvalue weighted by Gasteiger charge is 2.16. The molecular weight excluding hydrogens is 258 g/mol. The molecule has 1 aromatic heterocycles. The summed E-state index contributed by atoms with van der Waals surface area (Å²) in [6.45, 7) is 2.15. The average Bonchev–Trinajstić information content (AvgIpc) is 2.89. The number of aryl methyl sites for hydroxylation is 1. The zero-order valence-corrected chi connectivity index (χ0v) is 11.3. The Kier molecular flexibility index (Phi) is 3.84. The second kappa shape index (κ2) is 5.56. The number of nitrogens with one attached hydrogen (secondary N) is 1. The Morgan fingerprint density at radius 2 is 2.00 bits per heavy atom. The number of rotatable bonds is 5. The molecule has 0 unspecified atom stereocenters. The highest BCUT2D eigenvalue weighted by molar-refractivity contribution is 5.98. The molecular formula is C14H15N3O3. The van der Waals surface area contributed by atoms with Gasteiger partial charge in [0.1, 0.15) is 0 Å². The normalized spacial score (nSPS) is 10.3. The number of nitro groups is 1. The summed E-state index contributed by atoms with van der Waals surface area (Å²) in [6.07, 6.45) is 1.22. The first-order valence-corrected chi connectivity index (χ1v) is 6.11. The van der Waals surface area contributed by atoms with Gasteiger partial charge in [-0.3, -0.25) is 14.9 Å². The van der Waals surface area contributed by atoms with Crippen molar-refractivity contribution in [2.45, 2.75) is 6.92 Å². The van der Waals surface area contributed by atoms with Crippen molar-refractivity contribution in [2.24, 2.45) is 0 Å². The number of hydrogen-bond donors (Lipinski definition) is 1. The molecule has 104 valence electrons. The molecule has 0 bridgehead atoms. The van der Waals surface area contributed by atoms with E-state index in [1.54, 1.807) is 11.9 Å². The lowest BCUT2D eigenvalue weighted by atomic mass is 10.2. The molecule has 1 heterocycles. The number of hydrogen-bond acceptors (Lipinski definition) is 4. The van der Waals surface area contributed by atoms with Crippen molar-refractivity contribution in [3.8, 4) is 0 Å². The first-order valence-electron chi connectivity index (χ1n) is 6.11. The smallest absolute Gasteiger partial charge is 0.287 e. The number of aromatic amines is 1. The fourth-order valence-corrected chi connectivity index (χ4v) is 1.84. The van der Waals surface area contributed by atoms with E-state index in [1.807, 2.05) is 31.2 Å². The van der Waals surface area contributed by atoms with E-state index in [2.05, 4.69) is 4.98 Å². The van der Waals surface area contributed by atoms with E-state index in [-0.39, 0.29) is 23.7 Å². The molecule has 0 aliphatic rings. The highest BCUT2D eigenvalue weighted by atomic mass is 16.6. The van der Waals surface area contributed by atoms with Crippen molar-refractivity contribution in [3.05, 3.63) is 57.9 Å². The number of ketones is 1. The Hall–Kier alpha value is -2.63. The number of carbonyl (C=O) groups is 1. The fraction of sp³-hybridized carbons (Fsp3) is 0.214. The maximum atomic E-state index is 12.0. The van der Waals surface area contributed by atoms with Crippen LogP contribution in [0.2, 0.25) is 0 Å². The zero-order valence-electron chi connectivity index (χ0n) is 11.3. The standard InChI is InChI=1S/C14H15N3O3/c1-10-3-5-11(6-4-10)16(2)9-14(18)13-7-12(8-15-13)17(19)20/h3-8,15H,9H2,1-2H3. The van der Waals surface area contributed by atoms with Crippen LogP contribution < -0.4 is 4.90 Å². The second-order valence-corrected chi connectivity index (χ2v) is 4.64. The van der Waals surface area contributed by atoms with Crippen LogP contribution in [0.15, 0.2) is 36.5 Å². The van der Waals surface area contributed by atoms with Crippen molar-refractivity contribution in [1.29, 1.82) is 0 Å². The lowest BCUT2D eigenvalue weighted by molar-refractivity contribution is -0.384. The third-order valence-corrected chi connectivity index (χ3v) is 3.03. The van der Waals surface area contributed by atoms with Crippen molar-refractivity contribution in [3.63, 3.8) is 0 Å². The van der Waals surface area contributed by atoms with E-state index in [4.69, 9.17) is 0 Å². The topological polar surface area (TPSA) is 79.2 Å². The van der Waals surface area contributed by atoms with E-state index in [9.17, 15) is 14.9 Å². The van der Waals surface area contributed by atoms with Crippen molar-refractivity contribution in [1.82, 2.24) is 4.98 Å². The summed E-state index contributed by atoms with van der Waals surface area (Å²) in [6, 6.07) is 9.05. The van der Waals surface area contributed by atoms with Gasteiger partial charge in [-0.15, -0.1) is 0 Å². The van der Waals surface area contributed by atoms with Crippen LogP contribution in [-0.2, 0) is 0 Å². The average molecular weight is 273 g/mol. The predicted octanol–water partition coefficient (Wildman–Crippen LogP) is 2.55. The van der Waals surface area contributed by atoms with Crippen LogP contribution in [0, 0.1) is 17.0 Å². The zero-order chi connectivity index (χ0) is 14.7.